The Labute approximate surface area is 118 Å². The first-order valence-corrected chi connectivity index (χ1v) is 7.46. The Hall–Kier alpha value is -1.20. The van der Waals surface area contributed by atoms with Gasteiger partial charge in [0.15, 0.2) is 0 Å². The molecule has 0 aliphatic rings. The SMILES string of the molecule is Cc1csc(C(NC(C)C)c2c(C)nn(C)c2C)n1. The van der Waals surface area contributed by atoms with Gasteiger partial charge in [0, 0.05) is 35.4 Å². The van der Waals surface area contributed by atoms with Crippen molar-refractivity contribution in [2.24, 2.45) is 7.05 Å². The van der Waals surface area contributed by atoms with Crippen LogP contribution in [0.2, 0.25) is 0 Å². The molecule has 0 aliphatic heterocycles. The molecule has 2 aromatic rings. The summed E-state index contributed by atoms with van der Waals surface area (Å²) in [4.78, 5) is 4.65. The van der Waals surface area contributed by atoms with E-state index >= 15 is 0 Å². The van der Waals surface area contributed by atoms with E-state index in [1.807, 2.05) is 18.7 Å². The third kappa shape index (κ3) is 2.87. The minimum atomic E-state index is 0.132. The van der Waals surface area contributed by atoms with E-state index in [1.54, 1.807) is 11.3 Å². The van der Waals surface area contributed by atoms with Crippen molar-refractivity contribution in [3.8, 4) is 0 Å². The zero-order valence-electron chi connectivity index (χ0n) is 12.5. The molecule has 0 fully saturated rings. The van der Waals surface area contributed by atoms with Gasteiger partial charge in [-0.3, -0.25) is 4.68 Å². The van der Waals surface area contributed by atoms with Crippen LogP contribution >= 0.6 is 11.3 Å². The molecular formula is C14H22N4S. The Morgan fingerprint density at radius 2 is 1.95 bits per heavy atom. The second kappa shape index (κ2) is 5.43. The Bertz CT molecular complexity index is 568. The lowest BCUT2D eigenvalue weighted by molar-refractivity contribution is 0.523. The van der Waals surface area contributed by atoms with Crippen molar-refractivity contribution in [1.29, 1.82) is 0 Å². The monoisotopic (exact) mass is 278 g/mol. The minimum Gasteiger partial charge on any atom is -0.302 e. The highest BCUT2D eigenvalue weighted by atomic mass is 32.1. The van der Waals surface area contributed by atoms with Crippen LogP contribution in [0.5, 0.6) is 0 Å². The average Bonchev–Trinajstić information content (AvgIpc) is 2.82. The molecule has 0 aromatic carbocycles. The first-order valence-electron chi connectivity index (χ1n) is 6.58. The molecule has 0 saturated carbocycles. The van der Waals surface area contributed by atoms with Crippen LogP contribution in [0, 0.1) is 20.8 Å². The van der Waals surface area contributed by atoms with Gasteiger partial charge < -0.3 is 5.32 Å². The van der Waals surface area contributed by atoms with Crippen molar-refractivity contribution in [2.75, 3.05) is 0 Å². The summed E-state index contributed by atoms with van der Waals surface area (Å²) in [7, 11) is 1.99. The van der Waals surface area contributed by atoms with Gasteiger partial charge in [0.1, 0.15) is 5.01 Å². The maximum atomic E-state index is 4.65. The third-order valence-electron chi connectivity index (χ3n) is 3.24. The highest BCUT2D eigenvalue weighted by molar-refractivity contribution is 7.09. The smallest absolute Gasteiger partial charge is 0.115 e. The number of nitrogens with zero attached hydrogens (tertiary/aromatic N) is 3. The van der Waals surface area contributed by atoms with E-state index in [0.29, 0.717) is 6.04 Å². The average molecular weight is 278 g/mol. The zero-order chi connectivity index (χ0) is 14.2. The standard InChI is InChI=1S/C14H22N4S/c1-8(2)15-13(14-16-9(3)7-19-14)12-10(4)17-18(6)11(12)5/h7-8,13,15H,1-6H3. The van der Waals surface area contributed by atoms with Crippen molar-refractivity contribution in [1.82, 2.24) is 20.1 Å². The maximum absolute atomic E-state index is 4.65. The molecule has 0 saturated heterocycles. The number of rotatable bonds is 4. The Morgan fingerprint density at radius 1 is 1.26 bits per heavy atom. The van der Waals surface area contributed by atoms with Crippen LogP contribution in [0.4, 0.5) is 0 Å². The normalized spacial score (nSPS) is 13.2. The molecule has 1 atom stereocenters. The summed E-state index contributed by atoms with van der Waals surface area (Å²) in [5.41, 5.74) is 4.61. The first kappa shape index (κ1) is 14.2. The second-order valence-electron chi connectivity index (χ2n) is 5.29. The van der Waals surface area contributed by atoms with Crippen LogP contribution in [0.25, 0.3) is 0 Å². The fourth-order valence-corrected chi connectivity index (χ4v) is 3.19. The lowest BCUT2D eigenvalue weighted by Crippen LogP contribution is -2.29. The quantitative estimate of drug-likeness (QED) is 0.935. The van der Waals surface area contributed by atoms with Crippen LogP contribution < -0.4 is 5.32 Å². The van der Waals surface area contributed by atoms with Gasteiger partial charge in [0.25, 0.3) is 0 Å². The molecule has 0 radical (unpaired) electrons. The van der Waals surface area contributed by atoms with Crippen molar-refractivity contribution >= 4 is 11.3 Å². The summed E-state index contributed by atoms with van der Waals surface area (Å²) in [5, 5.41) is 11.4. The summed E-state index contributed by atoms with van der Waals surface area (Å²) in [6, 6.07) is 0.528. The van der Waals surface area contributed by atoms with E-state index in [2.05, 4.69) is 48.5 Å². The van der Waals surface area contributed by atoms with Crippen molar-refractivity contribution < 1.29 is 0 Å². The lowest BCUT2D eigenvalue weighted by atomic mass is 10.0. The summed E-state index contributed by atoms with van der Waals surface area (Å²) < 4.78 is 1.94. The summed E-state index contributed by atoms with van der Waals surface area (Å²) in [6.07, 6.45) is 0. The molecule has 19 heavy (non-hydrogen) atoms. The highest BCUT2D eigenvalue weighted by Gasteiger charge is 2.24. The van der Waals surface area contributed by atoms with Crippen molar-refractivity contribution in [3.05, 3.63) is 33.0 Å². The van der Waals surface area contributed by atoms with E-state index in [9.17, 15) is 0 Å². The summed E-state index contributed by atoms with van der Waals surface area (Å²) in [6.45, 7) is 10.5. The fourth-order valence-electron chi connectivity index (χ4n) is 2.32. The third-order valence-corrected chi connectivity index (χ3v) is 4.26. The molecule has 0 aliphatic carbocycles. The second-order valence-corrected chi connectivity index (χ2v) is 6.18. The van der Waals surface area contributed by atoms with Gasteiger partial charge in [-0.2, -0.15) is 5.10 Å². The van der Waals surface area contributed by atoms with Gasteiger partial charge in [-0.15, -0.1) is 11.3 Å². The van der Waals surface area contributed by atoms with Crippen molar-refractivity contribution in [2.45, 2.75) is 46.7 Å². The fraction of sp³-hybridized carbons (Fsp3) is 0.571. The van der Waals surface area contributed by atoms with Gasteiger partial charge in [0.05, 0.1) is 11.7 Å². The minimum absolute atomic E-state index is 0.132. The molecule has 2 rings (SSSR count). The first-order chi connectivity index (χ1) is 8.90. The number of aromatic nitrogens is 3. The van der Waals surface area contributed by atoms with Crippen LogP contribution in [0.15, 0.2) is 5.38 Å². The molecular weight excluding hydrogens is 256 g/mol. The Kier molecular flexibility index (Phi) is 4.06. The van der Waals surface area contributed by atoms with Crippen LogP contribution in [-0.2, 0) is 7.05 Å². The number of aryl methyl sites for hydroxylation is 3. The van der Waals surface area contributed by atoms with Crippen LogP contribution in [0.3, 0.4) is 0 Å². The number of nitrogens with one attached hydrogen (secondary N) is 1. The van der Waals surface area contributed by atoms with Crippen molar-refractivity contribution in [3.63, 3.8) is 0 Å². The molecule has 0 amide bonds. The number of thiazole rings is 1. The topological polar surface area (TPSA) is 42.7 Å². The molecule has 104 valence electrons. The zero-order valence-corrected chi connectivity index (χ0v) is 13.3. The molecule has 2 aromatic heterocycles. The van der Waals surface area contributed by atoms with Gasteiger partial charge >= 0.3 is 0 Å². The van der Waals surface area contributed by atoms with E-state index in [4.69, 9.17) is 0 Å². The predicted octanol–water partition coefficient (Wildman–Crippen LogP) is 2.89. The van der Waals surface area contributed by atoms with Gasteiger partial charge in [0.2, 0.25) is 0 Å². The maximum Gasteiger partial charge on any atom is 0.115 e. The molecule has 1 unspecified atom stereocenters. The predicted molar refractivity (Wildman–Crippen MR) is 79.6 cm³/mol. The molecule has 4 nitrogen and oxygen atoms in total. The van der Waals surface area contributed by atoms with Gasteiger partial charge in [-0.1, -0.05) is 0 Å². The molecule has 1 N–H and O–H groups in total. The largest absolute Gasteiger partial charge is 0.302 e. The van der Waals surface area contributed by atoms with Gasteiger partial charge in [-0.05, 0) is 34.6 Å². The lowest BCUT2D eigenvalue weighted by Gasteiger charge is -2.20. The molecule has 2 heterocycles. The van der Waals surface area contributed by atoms with Crippen LogP contribution in [-0.4, -0.2) is 20.8 Å². The molecule has 0 bridgehead atoms. The number of hydrogen-bond donors (Lipinski definition) is 1. The van der Waals surface area contributed by atoms with Crippen LogP contribution in [0.1, 0.15) is 47.5 Å². The Balaban J connectivity index is 2.48. The summed E-state index contributed by atoms with van der Waals surface area (Å²) in [5.74, 6) is 0. The molecule has 5 heteroatoms. The molecule has 0 spiro atoms. The van der Waals surface area contributed by atoms with E-state index in [-0.39, 0.29) is 6.04 Å². The van der Waals surface area contributed by atoms with Gasteiger partial charge in [-0.25, -0.2) is 4.98 Å². The number of hydrogen-bond acceptors (Lipinski definition) is 4. The van der Waals surface area contributed by atoms with E-state index in [1.165, 1.54) is 11.3 Å². The Morgan fingerprint density at radius 3 is 2.37 bits per heavy atom. The highest BCUT2D eigenvalue weighted by Crippen LogP contribution is 2.29. The van der Waals surface area contributed by atoms with E-state index < -0.39 is 0 Å². The van der Waals surface area contributed by atoms with E-state index in [0.717, 1.165) is 16.4 Å². The summed E-state index contributed by atoms with van der Waals surface area (Å²) >= 11 is 1.71.